The van der Waals surface area contributed by atoms with Crippen molar-refractivity contribution < 1.29 is 19.1 Å². The zero-order valence-electron chi connectivity index (χ0n) is 17.2. The van der Waals surface area contributed by atoms with Crippen LogP contribution in [0, 0.1) is 0 Å². The molecule has 0 atom stereocenters. The molecule has 0 radical (unpaired) electrons. The van der Waals surface area contributed by atoms with Gasteiger partial charge >= 0.3 is 5.97 Å². The van der Waals surface area contributed by atoms with E-state index in [0.29, 0.717) is 36.9 Å². The van der Waals surface area contributed by atoms with Crippen molar-refractivity contribution in [3.8, 4) is 0 Å². The lowest BCUT2D eigenvalue weighted by Crippen LogP contribution is -2.33. The fourth-order valence-electron chi connectivity index (χ4n) is 2.59. The smallest absolute Gasteiger partial charge is 0.357 e. The highest BCUT2D eigenvalue weighted by Crippen LogP contribution is 2.23. The van der Waals surface area contributed by atoms with Gasteiger partial charge in [0.15, 0.2) is 5.69 Å². The summed E-state index contributed by atoms with van der Waals surface area (Å²) in [4.78, 5) is 30.8. The minimum absolute atomic E-state index is 0.0295. The number of aromatic nitrogens is 1. The first kappa shape index (κ1) is 22.0. The summed E-state index contributed by atoms with van der Waals surface area (Å²) in [7, 11) is 1.60. The van der Waals surface area contributed by atoms with Crippen molar-refractivity contribution in [2.45, 2.75) is 39.7 Å². The Morgan fingerprint density at radius 2 is 1.86 bits per heavy atom. The number of esters is 1. The first-order valence-corrected chi connectivity index (χ1v) is 10.1. The number of carbonyl (C=O) groups excluding carboxylic acids is 2. The van der Waals surface area contributed by atoms with Gasteiger partial charge in [0.05, 0.1) is 19.8 Å². The second-order valence-corrected chi connectivity index (χ2v) is 8.34. The van der Waals surface area contributed by atoms with E-state index in [2.05, 4.69) is 25.8 Å². The van der Waals surface area contributed by atoms with Crippen LogP contribution in [0.25, 0.3) is 0 Å². The molecular weight excluding hydrogens is 376 g/mol. The van der Waals surface area contributed by atoms with Gasteiger partial charge < -0.3 is 14.4 Å². The molecule has 1 aromatic carbocycles. The third-order valence-electron chi connectivity index (χ3n) is 4.21. The van der Waals surface area contributed by atoms with Gasteiger partial charge in [-0.25, -0.2) is 9.78 Å². The van der Waals surface area contributed by atoms with E-state index in [1.807, 2.05) is 24.3 Å². The lowest BCUT2D eigenvalue weighted by atomic mass is 9.86. The Morgan fingerprint density at radius 3 is 2.43 bits per heavy atom. The third-order valence-corrected chi connectivity index (χ3v) is 5.05. The largest absolute Gasteiger partial charge is 0.461 e. The molecule has 0 N–H and O–H groups in total. The van der Waals surface area contributed by atoms with Crippen LogP contribution in [0.1, 0.15) is 59.1 Å². The number of rotatable bonds is 8. The fourth-order valence-corrected chi connectivity index (χ4v) is 3.37. The number of benzene rings is 1. The Balaban J connectivity index is 2.16. The quantitative estimate of drug-likeness (QED) is 0.624. The number of ether oxygens (including phenoxy) is 2. The lowest BCUT2D eigenvalue weighted by molar-refractivity contribution is 0.0520. The van der Waals surface area contributed by atoms with Gasteiger partial charge in [-0.15, -0.1) is 11.3 Å². The molecule has 0 saturated heterocycles. The minimum Gasteiger partial charge on any atom is -0.461 e. The predicted octanol–water partition coefficient (Wildman–Crippen LogP) is 3.91. The van der Waals surface area contributed by atoms with E-state index in [-0.39, 0.29) is 17.0 Å². The molecule has 0 spiro atoms. The van der Waals surface area contributed by atoms with Crippen molar-refractivity contribution >= 4 is 23.2 Å². The third kappa shape index (κ3) is 5.87. The molecule has 6 nitrogen and oxygen atoms in total. The molecule has 1 aromatic heterocycles. The van der Waals surface area contributed by atoms with Crippen molar-refractivity contribution in [2.24, 2.45) is 0 Å². The van der Waals surface area contributed by atoms with Gasteiger partial charge in [-0.3, -0.25) is 4.79 Å². The summed E-state index contributed by atoms with van der Waals surface area (Å²) in [6.07, 6.45) is 0. The highest BCUT2D eigenvalue weighted by molar-refractivity contribution is 7.09. The number of hydrogen-bond acceptors (Lipinski definition) is 6. The summed E-state index contributed by atoms with van der Waals surface area (Å²) >= 11 is 1.34. The molecule has 1 heterocycles. The summed E-state index contributed by atoms with van der Waals surface area (Å²) in [6.45, 7) is 9.63. The molecule has 0 aliphatic heterocycles. The van der Waals surface area contributed by atoms with Gasteiger partial charge in [0.2, 0.25) is 0 Å². The first-order chi connectivity index (χ1) is 13.3. The maximum atomic E-state index is 13.0. The molecule has 7 heteroatoms. The summed E-state index contributed by atoms with van der Waals surface area (Å²) in [5.41, 5.74) is 2.09. The Kier molecular flexibility index (Phi) is 7.71. The van der Waals surface area contributed by atoms with Crippen molar-refractivity contribution in [1.29, 1.82) is 0 Å². The second-order valence-electron chi connectivity index (χ2n) is 7.39. The Morgan fingerprint density at radius 1 is 1.18 bits per heavy atom. The molecule has 0 aliphatic rings. The molecule has 2 rings (SSSR count). The molecule has 2 aromatic rings. The van der Waals surface area contributed by atoms with Gasteiger partial charge in [-0.1, -0.05) is 32.9 Å². The number of methoxy groups -OCH3 is 1. The van der Waals surface area contributed by atoms with E-state index >= 15 is 0 Å². The normalized spacial score (nSPS) is 11.3. The maximum Gasteiger partial charge on any atom is 0.357 e. The fraction of sp³-hybridized carbons (Fsp3) is 0.476. The van der Waals surface area contributed by atoms with Crippen LogP contribution in [0.3, 0.4) is 0 Å². The van der Waals surface area contributed by atoms with E-state index in [1.165, 1.54) is 16.9 Å². The number of amides is 1. The monoisotopic (exact) mass is 404 g/mol. The Labute approximate surface area is 170 Å². The zero-order chi connectivity index (χ0) is 20.7. The summed E-state index contributed by atoms with van der Waals surface area (Å²) in [5, 5.41) is 2.34. The average molecular weight is 405 g/mol. The molecule has 0 saturated carbocycles. The number of carbonyl (C=O) groups is 2. The molecule has 0 bridgehead atoms. The molecule has 0 unspecified atom stereocenters. The average Bonchev–Trinajstić information content (AvgIpc) is 3.13. The van der Waals surface area contributed by atoms with E-state index in [0.717, 1.165) is 0 Å². The van der Waals surface area contributed by atoms with Crippen molar-refractivity contribution in [3.05, 3.63) is 51.5 Å². The van der Waals surface area contributed by atoms with E-state index in [9.17, 15) is 9.59 Å². The molecule has 152 valence electrons. The Hall–Kier alpha value is -2.25. The lowest BCUT2D eigenvalue weighted by Gasteiger charge is -2.23. The predicted molar refractivity (Wildman–Crippen MR) is 110 cm³/mol. The topological polar surface area (TPSA) is 68.7 Å². The van der Waals surface area contributed by atoms with Gasteiger partial charge in [0, 0.05) is 24.6 Å². The van der Waals surface area contributed by atoms with Gasteiger partial charge in [-0.05, 0) is 30.0 Å². The van der Waals surface area contributed by atoms with E-state index < -0.39 is 5.97 Å². The molecule has 0 fully saturated rings. The summed E-state index contributed by atoms with van der Waals surface area (Å²) < 4.78 is 10.1. The SMILES string of the molecule is CCOC(=O)c1csc(CN(CCOC)C(=O)c2ccc(C(C)(C)C)cc2)n1. The van der Waals surface area contributed by atoms with Crippen LogP contribution < -0.4 is 0 Å². The summed E-state index contributed by atoms with van der Waals surface area (Å²) in [6, 6.07) is 7.69. The van der Waals surface area contributed by atoms with E-state index in [1.54, 1.807) is 24.3 Å². The van der Waals surface area contributed by atoms with Gasteiger partial charge in [0.1, 0.15) is 5.01 Å². The minimum atomic E-state index is -0.447. The number of thiazole rings is 1. The molecule has 1 amide bonds. The van der Waals surface area contributed by atoms with Crippen LogP contribution in [0.15, 0.2) is 29.6 Å². The summed E-state index contributed by atoms with van der Waals surface area (Å²) in [5.74, 6) is -0.539. The van der Waals surface area contributed by atoms with Crippen LogP contribution in [0.4, 0.5) is 0 Å². The molecular formula is C21H28N2O4S. The van der Waals surface area contributed by atoms with Gasteiger partial charge in [-0.2, -0.15) is 0 Å². The van der Waals surface area contributed by atoms with Crippen molar-refractivity contribution in [2.75, 3.05) is 26.9 Å². The second kappa shape index (κ2) is 9.80. The van der Waals surface area contributed by atoms with Crippen LogP contribution in [-0.4, -0.2) is 48.6 Å². The van der Waals surface area contributed by atoms with Crippen LogP contribution >= 0.6 is 11.3 Å². The zero-order valence-corrected chi connectivity index (χ0v) is 18.0. The van der Waals surface area contributed by atoms with Gasteiger partial charge in [0.25, 0.3) is 5.91 Å². The van der Waals surface area contributed by atoms with Crippen LogP contribution in [0.2, 0.25) is 0 Å². The standard InChI is InChI=1S/C21H28N2O4S/c1-6-27-20(25)17-14-28-18(22-17)13-23(11-12-26-5)19(24)15-7-9-16(10-8-15)21(2,3)4/h7-10,14H,6,11-13H2,1-5H3. The number of nitrogens with zero attached hydrogens (tertiary/aromatic N) is 2. The Bertz CT molecular complexity index is 793. The highest BCUT2D eigenvalue weighted by Gasteiger charge is 2.20. The molecule has 28 heavy (non-hydrogen) atoms. The highest BCUT2D eigenvalue weighted by atomic mass is 32.1. The number of hydrogen-bond donors (Lipinski definition) is 0. The molecule has 0 aliphatic carbocycles. The maximum absolute atomic E-state index is 13.0. The van der Waals surface area contributed by atoms with E-state index in [4.69, 9.17) is 9.47 Å². The van der Waals surface area contributed by atoms with Crippen molar-refractivity contribution in [1.82, 2.24) is 9.88 Å². The van der Waals surface area contributed by atoms with Crippen molar-refractivity contribution in [3.63, 3.8) is 0 Å². The van der Waals surface area contributed by atoms with Crippen LogP contribution in [-0.2, 0) is 21.4 Å². The first-order valence-electron chi connectivity index (χ1n) is 9.26. The van der Waals surface area contributed by atoms with Crippen LogP contribution in [0.5, 0.6) is 0 Å².